The molecule has 0 radical (unpaired) electrons. The summed E-state index contributed by atoms with van der Waals surface area (Å²) in [6.07, 6.45) is 0.996. The number of anilines is 1. The quantitative estimate of drug-likeness (QED) is 0.742. The van der Waals surface area contributed by atoms with E-state index in [1.165, 1.54) is 4.88 Å². The van der Waals surface area contributed by atoms with Crippen molar-refractivity contribution in [1.82, 2.24) is 4.98 Å². The Hall–Kier alpha value is -0.280. The largest absolute Gasteiger partial charge is 0.351 e. The Labute approximate surface area is 94.9 Å². The molecule has 2 nitrogen and oxygen atoms in total. The first-order chi connectivity index (χ1) is 6.50. The van der Waals surface area contributed by atoms with Crippen molar-refractivity contribution < 1.29 is 0 Å². The number of hydrogen-bond acceptors (Lipinski definition) is 3. The molecule has 0 aromatic carbocycles. The van der Waals surface area contributed by atoms with Crippen LogP contribution >= 0.6 is 22.9 Å². The van der Waals surface area contributed by atoms with Gasteiger partial charge in [0.2, 0.25) is 0 Å². The zero-order valence-corrected chi connectivity index (χ0v) is 10.7. The van der Waals surface area contributed by atoms with Gasteiger partial charge in [0.25, 0.3) is 0 Å². The number of rotatable bonds is 4. The molecular weight excluding hydrogens is 216 g/mol. The van der Waals surface area contributed by atoms with Crippen molar-refractivity contribution in [2.75, 3.05) is 18.5 Å². The first-order valence-corrected chi connectivity index (χ1v) is 6.05. The smallest absolute Gasteiger partial charge is 0.185 e. The number of thiazole rings is 1. The third-order valence-electron chi connectivity index (χ3n) is 2.21. The van der Waals surface area contributed by atoms with E-state index < -0.39 is 0 Å². The highest BCUT2D eigenvalue weighted by atomic mass is 35.5. The van der Waals surface area contributed by atoms with Crippen LogP contribution in [0.5, 0.6) is 0 Å². The van der Waals surface area contributed by atoms with Crippen LogP contribution in [0.3, 0.4) is 0 Å². The van der Waals surface area contributed by atoms with Crippen LogP contribution in [0.25, 0.3) is 0 Å². The summed E-state index contributed by atoms with van der Waals surface area (Å²) in [5.74, 6) is 0. The minimum absolute atomic E-state index is 0.236. The predicted octanol–water partition coefficient (Wildman–Crippen LogP) is 3.21. The lowest BCUT2D eigenvalue weighted by Crippen LogP contribution is -2.20. The van der Waals surface area contributed by atoms with Crippen LogP contribution in [0.1, 0.15) is 23.9 Å². The van der Waals surface area contributed by atoms with Gasteiger partial charge in [-0.3, -0.25) is 0 Å². The average Bonchev–Trinajstić information content (AvgIpc) is 2.43. The fourth-order valence-corrected chi connectivity index (χ4v) is 2.08. The topological polar surface area (TPSA) is 16.1 Å². The van der Waals surface area contributed by atoms with E-state index >= 15 is 0 Å². The van der Waals surface area contributed by atoms with Gasteiger partial charge >= 0.3 is 0 Å². The molecule has 1 aromatic heterocycles. The summed E-state index contributed by atoms with van der Waals surface area (Å²) in [6.45, 7) is 7.15. The third kappa shape index (κ3) is 3.14. The van der Waals surface area contributed by atoms with E-state index in [1.807, 2.05) is 13.8 Å². The zero-order chi connectivity index (χ0) is 10.7. The SMILES string of the molecule is Cc1nc(N(C)CCC(C)Cl)sc1C. The second kappa shape index (κ2) is 4.99. The molecule has 4 heteroatoms. The van der Waals surface area contributed by atoms with Crippen molar-refractivity contribution >= 4 is 28.1 Å². The van der Waals surface area contributed by atoms with E-state index in [9.17, 15) is 0 Å². The van der Waals surface area contributed by atoms with Gasteiger partial charge in [0.05, 0.1) is 5.69 Å². The molecule has 0 saturated carbocycles. The Kier molecular flexibility index (Phi) is 4.20. The fraction of sp³-hybridized carbons (Fsp3) is 0.700. The molecule has 14 heavy (non-hydrogen) atoms. The summed E-state index contributed by atoms with van der Waals surface area (Å²) < 4.78 is 0. The average molecular weight is 233 g/mol. The Morgan fingerprint density at radius 2 is 2.14 bits per heavy atom. The molecule has 0 N–H and O–H groups in total. The van der Waals surface area contributed by atoms with E-state index in [2.05, 4.69) is 23.9 Å². The summed E-state index contributed by atoms with van der Waals surface area (Å²) in [7, 11) is 2.07. The van der Waals surface area contributed by atoms with E-state index in [1.54, 1.807) is 11.3 Å². The maximum atomic E-state index is 5.90. The van der Waals surface area contributed by atoms with Crippen LogP contribution in [0.2, 0.25) is 0 Å². The standard InChI is InChI=1S/C10H17ClN2S/c1-7(11)5-6-13(4)10-12-8(2)9(3)14-10/h7H,5-6H2,1-4H3. The maximum absolute atomic E-state index is 5.90. The molecule has 1 atom stereocenters. The molecule has 1 aromatic rings. The maximum Gasteiger partial charge on any atom is 0.185 e. The monoisotopic (exact) mass is 232 g/mol. The Morgan fingerprint density at radius 1 is 1.50 bits per heavy atom. The fourth-order valence-electron chi connectivity index (χ4n) is 1.09. The molecule has 1 heterocycles. The lowest BCUT2D eigenvalue weighted by molar-refractivity contribution is 0.770. The number of nitrogens with zero attached hydrogens (tertiary/aromatic N) is 2. The van der Waals surface area contributed by atoms with Crippen LogP contribution in [0, 0.1) is 13.8 Å². The number of hydrogen-bond donors (Lipinski definition) is 0. The van der Waals surface area contributed by atoms with Gasteiger partial charge < -0.3 is 4.90 Å². The second-order valence-electron chi connectivity index (χ2n) is 3.63. The Morgan fingerprint density at radius 3 is 2.57 bits per heavy atom. The molecule has 0 aliphatic heterocycles. The van der Waals surface area contributed by atoms with Crippen LogP contribution in [0.4, 0.5) is 5.13 Å². The van der Waals surface area contributed by atoms with Gasteiger partial charge in [0, 0.05) is 23.8 Å². The lowest BCUT2D eigenvalue weighted by Gasteiger charge is -2.15. The summed E-state index contributed by atoms with van der Waals surface area (Å²) in [4.78, 5) is 7.96. The van der Waals surface area contributed by atoms with Gasteiger partial charge in [-0.2, -0.15) is 0 Å². The normalized spacial score (nSPS) is 12.9. The van der Waals surface area contributed by atoms with Crippen LogP contribution in [0.15, 0.2) is 0 Å². The number of aryl methyl sites for hydroxylation is 2. The third-order valence-corrected chi connectivity index (χ3v) is 3.61. The van der Waals surface area contributed by atoms with Crippen molar-refractivity contribution in [3.8, 4) is 0 Å². The molecule has 80 valence electrons. The molecule has 0 aliphatic carbocycles. The molecule has 0 saturated heterocycles. The van der Waals surface area contributed by atoms with Crippen LogP contribution in [-0.2, 0) is 0 Å². The second-order valence-corrected chi connectivity index (χ2v) is 5.56. The first-order valence-electron chi connectivity index (χ1n) is 4.80. The van der Waals surface area contributed by atoms with E-state index in [0.29, 0.717) is 0 Å². The van der Waals surface area contributed by atoms with Gasteiger partial charge in [-0.05, 0) is 27.2 Å². The van der Waals surface area contributed by atoms with Crippen molar-refractivity contribution in [3.05, 3.63) is 10.6 Å². The van der Waals surface area contributed by atoms with Crippen molar-refractivity contribution in [3.63, 3.8) is 0 Å². The molecule has 0 fully saturated rings. The lowest BCUT2D eigenvalue weighted by atomic mass is 10.3. The summed E-state index contributed by atoms with van der Waals surface area (Å²) in [6, 6.07) is 0. The van der Waals surface area contributed by atoms with Gasteiger partial charge in [-0.1, -0.05) is 0 Å². The first kappa shape index (κ1) is 11.8. The minimum atomic E-state index is 0.236. The molecular formula is C10H17ClN2S. The Bertz CT molecular complexity index is 277. The van der Waals surface area contributed by atoms with Crippen molar-refractivity contribution in [1.29, 1.82) is 0 Å². The molecule has 1 rings (SSSR count). The molecule has 0 aliphatic rings. The number of halogens is 1. The van der Waals surface area contributed by atoms with Gasteiger partial charge in [0.1, 0.15) is 0 Å². The summed E-state index contributed by atoms with van der Waals surface area (Å²) in [5, 5.41) is 1.33. The highest BCUT2D eigenvalue weighted by molar-refractivity contribution is 7.15. The zero-order valence-electron chi connectivity index (χ0n) is 9.17. The van der Waals surface area contributed by atoms with Gasteiger partial charge in [-0.25, -0.2) is 4.98 Å². The summed E-state index contributed by atoms with van der Waals surface area (Å²) >= 11 is 7.65. The molecule has 0 bridgehead atoms. The predicted molar refractivity (Wildman–Crippen MR) is 64.8 cm³/mol. The van der Waals surface area contributed by atoms with Crippen molar-refractivity contribution in [2.45, 2.75) is 32.6 Å². The highest BCUT2D eigenvalue weighted by Gasteiger charge is 2.08. The van der Waals surface area contributed by atoms with E-state index in [4.69, 9.17) is 11.6 Å². The van der Waals surface area contributed by atoms with Gasteiger partial charge in [-0.15, -0.1) is 22.9 Å². The number of alkyl halides is 1. The van der Waals surface area contributed by atoms with Crippen LogP contribution in [-0.4, -0.2) is 24.0 Å². The van der Waals surface area contributed by atoms with Crippen LogP contribution < -0.4 is 4.90 Å². The summed E-state index contributed by atoms with van der Waals surface area (Å²) in [5.41, 5.74) is 1.13. The minimum Gasteiger partial charge on any atom is -0.351 e. The molecule has 1 unspecified atom stereocenters. The Balaban J connectivity index is 2.56. The highest BCUT2D eigenvalue weighted by Crippen LogP contribution is 2.24. The van der Waals surface area contributed by atoms with Gasteiger partial charge in [0.15, 0.2) is 5.13 Å². The van der Waals surface area contributed by atoms with E-state index in [0.717, 1.165) is 23.8 Å². The van der Waals surface area contributed by atoms with Crippen molar-refractivity contribution in [2.24, 2.45) is 0 Å². The number of aromatic nitrogens is 1. The molecule has 0 amide bonds. The van der Waals surface area contributed by atoms with E-state index in [-0.39, 0.29) is 5.38 Å². The molecule has 0 spiro atoms.